The van der Waals surface area contributed by atoms with Crippen LogP contribution in [0.1, 0.15) is 5.89 Å². The second-order valence-electron chi connectivity index (χ2n) is 3.95. The van der Waals surface area contributed by atoms with Crippen LogP contribution in [-0.2, 0) is 5.75 Å². The van der Waals surface area contributed by atoms with Crippen LogP contribution in [0.5, 0.6) is 0 Å². The number of thioether (sulfide) groups is 1. The highest BCUT2D eigenvalue weighted by atomic mass is 79.9. The first kappa shape index (κ1) is 13.3. The van der Waals surface area contributed by atoms with Crippen LogP contribution in [-0.4, -0.2) is 10.2 Å². The minimum atomic E-state index is 0.382. The summed E-state index contributed by atoms with van der Waals surface area (Å²) in [5.41, 5.74) is 6.64. The van der Waals surface area contributed by atoms with Crippen molar-refractivity contribution >= 4 is 33.4 Å². The number of rotatable bonds is 4. The number of hydrogen-bond acceptors (Lipinski definition) is 6. The normalized spacial score (nSPS) is 10.8. The Balaban J connectivity index is 1.71. The lowest BCUT2D eigenvalue weighted by Gasteiger charge is -2.03. The Kier molecular flexibility index (Phi) is 3.79. The molecule has 0 saturated heterocycles. The number of hydrogen-bond donors (Lipinski definition) is 1. The summed E-state index contributed by atoms with van der Waals surface area (Å²) in [5, 5.41) is 7.94. The van der Waals surface area contributed by atoms with Gasteiger partial charge in [0.15, 0.2) is 5.76 Å². The summed E-state index contributed by atoms with van der Waals surface area (Å²) >= 11 is 4.96. The first-order valence-electron chi connectivity index (χ1n) is 5.76. The zero-order chi connectivity index (χ0) is 13.9. The van der Waals surface area contributed by atoms with Crippen molar-refractivity contribution in [2.45, 2.75) is 10.6 Å². The zero-order valence-electron chi connectivity index (χ0n) is 10.2. The van der Waals surface area contributed by atoms with Crippen molar-refractivity contribution < 1.29 is 8.83 Å². The van der Waals surface area contributed by atoms with Crippen molar-refractivity contribution in [3.63, 3.8) is 0 Å². The quantitative estimate of drug-likeness (QED) is 0.566. The van der Waals surface area contributed by atoms with Crippen molar-refractivity contribution in [2.75, 3.05) is 5.73 Å². The molecular formula is C13H10BrN3O2S. The molecule has 0 saturated carbocycles. The number of benzene rings is 1. The van der Waals surface area contributed by atoms with Gasteiger partial charge in [0.2, 0.25) is 5.89 Å². The van der Waals surface area contributed by atoms with Gasteiger partial charge in [0.1, 0.15) is 0 Å². The third kappa shape index (κ3) is 2.88. The van der Waals surface area contributed by atoms with Crippen LogP contribution in [0.4, 0.5) is 5.69 Å². The molecule has 2 N–H and O–H groups in total. The second-order valence-corrected chi connectivity index (χ2v) is 5.88. The van der Waals surface area contributed by atoms with E-state index in [1.807, 2.05) is 18.2 Å². The average molecular weight is 352 g/mol. The Morgan fingerprint density at radius 2 is 2.15 bits per heavy atom. The highest BCUT2D eigenvalue weighted by Crippen LogP contribution is 2.31. The van der Waals surface area contributed by atoms with E-state index in [-0.39, 0.29) is 0 Å². The van der Waals surface area contributed by atoms with E-state index in [1.54, 1.807) is 30.2 Å². The molecule has 3 aromatic rings. The van der Waals surface area contributed by atoms with Crippen LogP contribution < -0.4 is 5.73 Å². The molecule has 1 aromatic carbocycles. The molecule has 0 radical (unpaired) electrons. The molecule has 0 aliphatic rings. The lowest BCUT2D eigenvalue weighted by atomic mass is 10.3. The third-order valence-electron chi connectivity index (χ3n) is 2.53. The average Bonchev–Trinajstić information content (AvgIpc) is 3.09. The van der Waals surface area contributed by atoms with Crippen LogP contribution in [0.15, 0.2) is 54.8 Å². The van der Waals surface area contributed by atoms with Gasteiger partial charge in [0.05, 0.1) is 12.0 Å². The molecule has 20 heavy (non-hydrogen) atoms. The van der Waals surface area contributed by atoms with E-state index >= 15 is 0 Å². The number of anilines is 1. The minimum absolute atomic E-state index is 0.382. The predicted octanol–water partition coefficient (Wildman–Crippen LogP) is 3.97. The third-order valence-corrected chi connectivity index (χ3v) is 4.07. The van der Waals surface area contributed by atoms with E-state index in [0.717, 1.165) is 15.1 Å². The standard InChI is InChI=1S/C13H10BrN3O2S/c14-8-3-4-9(15)11(6-8)20-7-12-16-17-13(19-12)10-2-1-5-18-10/h1-6H,7,15H2. The van der Waals surface area contributed by atoms with Crippen LogP contribution in [0.3, 0.4) is 0 Å². The Morgan fingerprint density at radius 1 is 1.25 bits per heavy atom. The molecule has 0 amide bonds. The summed E-state index contributed by atoms with van der Waals surface area (Å²) < 4.78 is 11.7. The fourth-order valence-corrected chi connectivity index (χ4v) is 2.94. The molecule has 5 nitrogen and oxygen atoms in total. The first-order chi connectivity index (χ1) is 9.72. The first-order valence-corrected chi connectivity index (χ1v) is 7.54. The molecule has 3 rings (SSSR count). The number of aromatic nitrogens is 2. The van der Waals surface area contributed by atoms with Crippen molar-refractivity contribution in [3.05, 3.63) is 47.0 Å². The van der Waals surface area contributed by atoms with Gasteiger partial charge in [-0.1, -0.05) is 15.9 Å². The van der Waals surface area contributed by atoms with Crippen molar-refractivity contribution in [1.82, 2.24) is 10.2 Å². The molecule has 0 atom stereocenters. The van der Waals surface area contributed by atoms with E-state index in [1.165, 1.54) is 0 Å². The molecular weight excluding hydrogens is 342 g/mol. The SMILES string of the molecule is Nc1ccc(Br)cc1SCc1nnc(-c2ccco2)o1. The van der Waals surface area contributed by atoms with Gasteiger partial charge in [-0.2, -0.15) is 0 Å². The summed E-state index contributed by atoms with van der Waals surface area (Å²) in [6.07, 6.45) is 1.57. The van der Waals surface area contributed by atoms with E-state index in [9.17, 15) is 0 Å². The summed E-state index contributed by atoms with van der Waals surface area (Å²) in [6, 6.07) is 9.27. The number of halogens is 1. The van der Waals surface area contributed by atoms with Crippen LogP contribution in [0, 0.1) is 0 Å². The topological polar surface area (TPSA) is 78.1 Å². The van der Waals surface area contributed by atoms with Crippen LogP contribution >= 0.6 is 27.7 Å². The molecule has 2 aromatic heterocycles. The highest BCUT2D eigenvalue weighted by molar-refractivity contribution is 9.10. The molecule has 102 valence electrons. The van der Waals surface area contributed by atoms with Crippen LogP contribution in [0.2, 0.25) is 0 Å². The van der Waals surface area contributed by atoms with Crippen molar-refractivity contribution in [1.29, 1.82) is 0 Å². The summed E-state index contributed by atoms with van der Waals surface area (Å²) in [6.45, 7) is 0. The summed E-state index contributed by atoms with van der Waals surface area (Å²) in [4.78, 5) is 0.970. The fraction of sp³-hybridized carbons (Fsp3) is 0.0769. The van der Waals surface area contributed by atoms with Gasteiger partial charge >= 0.3 is 0 Å². The van der Waals surface area contributed by atoms with Crippen molar-refractivity contribution in [2.24, 2.45) is 0 Å². The number of nitrogen functional groups attached to an aromatic ring is 1. The lowest BCUT2D eigenvalue weighted by Crippen LogP contribution is -1.89. The Labute approximate surface area is 127 Å². The zero-order valence-corrected chi connectivity index (χ0v) is 12.6. The van der Waals surface area contributed by atoms with Crippen LogP contribution in [0.25, 0.3) is 11.7 Å². The number of furan rings is 1. The maximum Gasteiger partial charge on any atom is 0.283 e. The minimum Gasteiger partial charge on any atom is -0.459 e. The molecule has 0 aliphatic carbocycles. The van der Waals surface area contributed by atoms with Gasteiger partial charge in [-0.05, 0) is 30.3 Å². The summed E-state index contributed by atoms with van der Waals surface area (Å²) in [7, 11) is 0. The molecule has 0 aliphatic heterocycles. The highest BCUT2D eigenvalue weighted by Gasteiger charge is 2.11. The van der Waals surface area contributed by atoms with E-state index in [0.29, 0.717) is 23.3 Å². The maximum absolute atomic E-state index is 5.91. The van der Waals surface area contributed by atoms with Gasteiger partial charge < -0.3 is 14.6 Å². The maximum atomic E-state index is 5.91. The lowest BCUT2D eigenvalue weighted by molar-refractivity contribution is 0.494. The predicted molar refractivity (Wildman–Crippen MR) is 80.1 cm³/mol. The molecule has 7 heteroatoms. The fourth-order valence-electron chi connectivity index (χ4n) is 1.58. The molecule has 2 heterocycles. The Bertz CT molecular complexity index is 712. The Hall–Kier alpha value is -1.73. The number of nitrogens with two attached hydrogens (primary N) is 1. The molecule has 0 spiro atoms. The van der Waals surface area contributed by atoms with Gasteiger partial charge in [0, 0.05) is 15.1 Å². The summed E-state index contributed by atoms with van der Waals surface area (Å²) in [5.74, 6) is 2.03. The molecule has 0 fully saturated rings. The van der Waals surface area contributed by atoms with E-state index in [4.69, 9.17) is 14.6 Å². The second kappa shape index (κ2) is 5.72. The largest absolute Gasteiger partial charge is 0.459 e. The van der Waals surface area contributed by atoms with E-state index < -0.39 is 0 Å². The van der Waals surface area contributed by atoms with Gasteiger partial charge in [0.25, 0.3) is 5.89 Å². The van der Waals surface area contributed by atoms with E-state index in [2.05, 4.69) is 26.1 Å². The molecule has 0 bridgehead atoms. The smallest absolute Gasteiger partial charge is 0.283 e. The Morgan fingerprint density at radius 3 is 2.95 bits per heavy atom. The van der Waals surface area contributed by atoms with Gasteiger partial charge in [-0.15, -0.1) is 22.0 Å². The van der Waals surface area contributed by atoms with Crippen molar-refractivity contribution in [3.8, 4) is 11.7 Å². The number of nitrogens with zero attached hydrogens (tertiary/aromatic N) is 2. The monoisotopic (exact) mass is 351 g/mol. The van der Waals surface area contributed by atoms with Gasteiger partial charge in [-0.25, -0.2) is 0 Å². The van der Waals surface area contributed by atoms with Gasteiger partial charge in [-0.3, -0.25) is 0 Å². The molecule has 0 unspecified atom stereocenters.